The highest BCUT2D eigenvalue weighted by Crippen LogP contribution is 2.01. The molecule has 0 bridgehead atoms. The first-order valence-electron chi connectivity index (χ1n) is 3.10. The van der Waals surface area contributed by atoms with Gasteiger partial charge in [-0.2, -0.15) is 0 Å². The Balaban J connectivity index is 2.56. The lowest BCUT2D eigenvalue weighted by Crippen LogP contribution is -2.10. The van der Waals surface area contributed by atoms with E-state index in [1.54, 1.807) is 0 Å². The van der Waals surface area contributed by atoms with Crippen LogP contribution >= 0.6 is 0 Å². The Bertz CT molecular complexity index is 163. The van der Waals surface area contributed by atoms with Gasteiger partial charge in [-0.15, -0.1) is 0 Å². The van der Waals surface area contributed by atoms with Crippen molar-refractivity contribution in [2.45, 2.75) is 12.8 Å². The standard InChI is InChI=1S/C6H8F2N2/c7-6(8)5-1-2-9-3-4-10-5/h2,6H,1,3-4H2. The fourth-order valence-corrected chi connectivity index (χ4v) is 0.723. The summed E-state index contributed by atoms with van der Waals surface area (Å²) in [5.41, 5.74) is -0.0405. The van der Waals surface area contributed by atoms with Crippen molar-refractivity contribution in [1.82, 2.24) is 0 Å². The van der Waals surface area contributed by atoms with E-state index in [1.807, 2.05) is 0 Å². The minimum Gasteiger partial charge on any atom is -0.295 e. The van der Waals surface area contributed by atoms with Gasteiger partial charge in [-0.3, -0.25) is 9.98 Å². The molecule has 0 saturated heterocycles. The molecule has 0 atom stereocenters. The van der Waals surface area contributed by atoms with E-state index in [1.165, 1.54) is 6.21 Å². The van der Waals surface area contributed by atoms with Gasteiger partial charge >= 0.3 is 0 Å². The van der Waals surface area contributed by atoms with Crippen LogP contribution in [0.5, 0.6) is 0 Å². The average molecular weight is 146 g/mol. The van der Waals surface area contributed by atoms with Gasteiger partial charge in [0, 0.05) is 12.6 Å². The molecule has 0 unspecified atom stereocenters. The van der Waals surface area contributed by atoms with E-state index < -0.39 is 6.43 Å². The van der Waals surface area contributed by atoms with Gasteiger partial charge < -0.3 is 0 Å². The first-order chi connectivity index (χ1) is 4.80. The van der Waals surface area contributed by atoms with Crippen molar-refractivity contribution in [3.05, 3.63) is 0 Å². The van der Waals surface area contributed by atoms with E-state index in [0.29, 0.717) is 13.1 Å². The van der Waals surface area contributed by atoms with Crippen LogP contribution in [0.3, 0.4) is 0 Å². The van der Waals surface area contributed by atoms with Gasteiger partial charge in [0.25, 0.3) is 6.43 Å². The van der Waals surface area contributed by atoms with Crippen molar-refractivity contribution >= 4 is 11.9 Å². The topological polar surface area (TPSA) is 24.7 Å². The Morgan fingerprint density at radius 3 is 2.90 bits per heavy atom. The van der Waals surface area contributed by atoms with E-state index in [0.717, 1.165) is 0 Å². The summed E-state index contributed by atoms with van der Waals surface area (Å²) in [7, 11) is 0. The van der Waals surface area contributed by atoms with E-state index in [9.17, 15) is 8.78 Å². The number of alkyl halides is 2. The lowest BCUT2D eigenvalue weighted by atomic mass is 10.3. The normalized spacial score (nSPS) is 18.9. The fraction of sp³-hybridized carbons (Fsp3) is 0.667. The second kappa shape index (κ2) is 3.39. The first-order valence-corrected chi connectivity index (χ1v) is 3.10. The molecule has 1 rings (SSSR count). The summed E-state index contributed by atoms with van der Waals surface area (Å²) in [6.45, 7) is 0.937. The molecule has 0 aromatic heterocycles. The number of hydrogen-bond donors (Lipinski definition) is 0. The highest BCUT2D eigenvalue weighted by atomic mass is 19.3. The number of nitrogens with zero attached hydrogens (tertiary/aromatic N) is 2. The Kier molecular flexibility index (Phi) is 2.48. The van der Waals surface area contributed by atoms with Gasteiger partial charge in [0.2, 0.25) is 0 Å². The Morgan fingerprint density at radius 1 is 1.40 bits per heavy atom. The molecule has 0 spiro atoms. The molecule has 1 heterocycles. The summed E-state index contributed by atoms with van der Waals surface area (Å²) in [5, 5.41) is 0. The fourth-order valence-electron chi connectivity index (χ4n) is 0.723. The van der Waals surface area contributed by atoms with Crippen molar-refractivity contribution in [1.29, 1.82) is 0 Å². The molecule has 1 aliphatic rings. The number of hydrogen-bond acceptors (Lipinski definition) is 2. The van der Waals surface area contributed by atoms with E-state index in [-0.39, 0.29) is 12.1 Å². The summed E-state index contributed by atoms with van der Waals surface area (Å²) in [5.74, 6) is 0. The maximum Gasteiger partial charge on any atom is 0.276 e. The predicted octanol–water partition coefficient (Wildman–Crippen LogP) is 1.17. The SMILES string of the molecule is FC(F)C1=NCCN=CC1. The second-order valence-electron chi connectivity index (χ2n) is 1.97. The molecule has 0 aromatic carbocycles. The van der Waals surface area contributed by atoms with Crippen LogP contribution in [-0.4, -0.2) is 31.4 Å². The van der Waals surface area contributed by atoms with E-state index >= 15 is 0 Å². The van der Waals surface area contributed by atoms with E-state index in [2.05, 4.69) is 9.98 Å². The summed E-state index contributed by atoms with van der Waals surface area (Å²) >= 11 is 0. The predicted molar refractivity (Wildman–Crippen MR) is 36.3 cm³/mol. The minimum absolute atomic E-state index is 0.0405. The first kappa shape index (κ1) is 7.31. The van der Waals surface area contributed by atoms with Gasteiger partial charge in [0.05, 0.1) is 18.8 Å². The smallest absolute Gasteiger partial charge is 0.276 e. The summed E-state index contributed by atoms with van der Waals surface area (Å²) in [6, 6.07) is 0. The molecule has 0 aromatic rings. The number of aliphatic imine (C=N–C) groups is 2. The average Bonchev–Trinajstić information content (AvgIpc) is 2.12. The van der Waals surface area contributed by atoms with Crippen LogP contribution < -0.4 is 0 Å². The Labute approximate surface area is 57.7 Å². The minimum atomic E-state index is -2.41. The molecular weight excluding hydrogens is 138 g/mol. The third kappa shape index (κ3) is 1.86. The molecule has 0 fully saturated rings. The van der Waals surface area contributed by atoms with Crippen molar-refractivity contribution in [2.75, 3.05) is 13.1 Å². The zero-order valence-corrected chi connectivity index (χ0v) is 5.43. The number of halogens is 2. The molecule has 2 nitrogen and oxygen atoms in total. The Hall–Kier alpha value is -0.800. The van der Waals surface area contributed by atoms with Crippen molar-refractivity contribution in [3.8, 4) is 0 Å². The molecule has 10 heavy (non-hydrogen) atoms. The molecule has 0 aliphatic carbocycles. The van der Waals surface area contributed by atoms with Crippen LogP contribution in [0.2, 0.25) is 0 Å². The van der Waals surface area contributed by atoms with Crippen LogP contribution in [0.4, 0.5) is 8.78 Å². The molecule has 0 amide bonds. The van der Waals surface area contributed by atoms with Crippen molar-refractivity contribution < 1.29 is 8.78 Å². The highest BCUT2D eigenvalue weighted by molar-refractivity contribution is 5.97. The molecule has 0 radical (unpaired) electrons. The molecule has 4 heteroatoms. The lowest BCUT2D eigenvalue weighted by Gasteiger charge is -1.97. The van der Waals surface area contributed by atoms with Crippen LogP contribution in [0.15, 0.2) is 9.98 Å². The van der Waals surface area contributed by atoms with Crippen LogP contribution in [0, 0.1) is 0 Å². The highest BCUT2D eigenvalue weighted by Gasteiger charge is 2.11. The zero-order valence-electron chi connectivity index (χ0n) is 5.43. The third-order valence-corrected chi connectivity index (χ3v) is 1.23. The van der Waals surface area contributed by atoms with Crippen molar-refractivity contribution in [2.24, 2.45) is 9.98 Å². The molecule has 0 saturated carbocycles. The van der Waals surface area contributed by atoms with Crippen LogP contribution in [0.25, 0.3) is 0 Å². The zero-order chi connectivity index (χ0) is 7.40. The number of rotatable bonds is 1. The third-order valence-electron chi connectivity index (χ3n) is 1.23. The maximum atomic E-state index is 11.9. The molecule has 0 N–H and O–H groups in total. The summed E-state index contributed by atoms with van der Waals surface area (Å²) < 4.78 is 23.8. The van der Waals surface area contributed by atoms with E-state index in [4.69, 9.17) is 0 Å². The van der Waals surface area contributed by atoms with Crippen LogP contribution in [0.1, 0.15) is 6.42 Å². The quantitative estimate of drug-likeness (QED) is 0.530. The Morgan fingerprint density at radius 2 is 2.20 bits per heavy atom. The van der Waals surface area contributed by atoms with Gasteiger partial charge in [-0.25, -0.2) is 8.78 Å². The van der Waals surface area contributed by atoms with Gasteiger partial charge in [-0.05, 0) is 0 Å². The van der Waals surface area contributed by atoms with Gasteiger partial charge in [-0.1, -0.05) is 0 Å². The van der Waals surface area contributed by atoms with Gasteiger partial charge in [0.15, 0.2) is 0 Å². The molecular formula is C6H8F2N2. The summed E-state index contributed by atoms with van der Waals surface area (Å²) in [4.78, 5) is 7.49. The van der Waals surface area contributed by atoms with Crippen LogP contribution in [-0.2, 0) is 0 Å². The van der Waals surface area contributed by atoms with Gasteiger partial charge in [0.1, 0.15) is 0 Å². The summed E-state index contributed by atoms with van der Waals surface area (Å²) in [6.07, 6.45) is -0.708. The molecule has 1 aliphatic heterocycles. The second-order valence-corrected chi connectivity index (χ2v) is 1.97. The largest absolute Gasteiger partial charge is 0.295 e. The van der Waals surface area contributed by atoms with Crippen molar-refractivity contribution in [3.63, 3.8) is 0 Å². The lowest BCUT2D eigenvalue weighted by molar-refractivity contribution is 0.224. The monoisotopic (exact) mass is 146 g/mol. The maximum absolute atomic E-state index is 11.9. The molecule has 56 valence electrons.